The molecule has 0 amide bonds. The minimum absolute atomic E-state index is 0.166. The topological polar surface area (TPSA) is 40.5 Å². The smallest absolute Gasteiger partial charge is 0.124 e. The second-order valence-electron chi connectivity index (χ2n) is 6.13. The van der Waals surface area contributed by atoms with Gasteiger partial charge in [0.15, 0.2) is 0 Å². The van der Waals surface area contributed by atoms with Crippen LogP contribution in [0.4, 0.5) is 0 Å². The van der Waals surface area contributed by atoms with E-state index in [1.54, 1.807) is 12.1 Å². The summed E-state index contributed by atoms with van der Waals surface area (Å²) in [5.41, 5.74) is 4.07. The molecule has 3 rings (SSSR count). The first-order chi connectivity index (χ1) is 12.1. The maximum absolute atomic E-state index is 10.8. The van der Waals surface area contributed by atoms with Gasteiger partial charge in [0.05, 0.1) is 0 Å². The average Bonchev–Trinajstić information content (AvgIpc) is 2.75. The maximum atomic E-state index is 10.8. The van der Waals surface area contributed by atoms with Crippen LogP contribution in [-0.4, -0.2) is 10.2 Å². The molecule has 2 aromatic rings. The van der Waals surface area contributed by atoms with Crippen LogP contribution in [0.2, 0.25) is 0 Å². The molecular weight excluding hydrogens is 308 g/mol. The molecule has 0 fully saturated rings. The minimum atomic E-state index is 0.166. The first-order valence-electron chi connectivity index (χ1n) is 8.38. The summed E-state index contributed by atoms with van der Waals surface area (Å²) in [6.07, 6.45) is 10.00. The molecule has 0 aliphatic heterocycles. The van der Waals surface area contributed by atoms with Crippen LogP contribution in [-0.2, 0) is 0 Å². The van der Waals surface area contributed by atoms with Gasteiger partial charge in [-0.15, -0.1) is 0 Å². The number of hydrogen-bond donors (Lipinski definition) is 2. The predicted octanol–water partition coefficient (Wildman–Crippen LogP) is 6.14. The quantitative estimate of drug-likeness (QED) is 0.709. The lowest BCUT2D eigenvalue weighted by Crippen LogP contribution is -1.98. The zero-order chi connectivity index (χ0) is 18.0. The molecule has 0 unspecified atom stereocenters. The standard InChI is InChI=1S/C23H22O2/c1-4-9-16-10-8-13-20(24)22(17(16)5-2)23-19-12-7-6-11-18(19)15(3)14-21(23)25/h4-12,14,24-25H,2,13H2,1,3H3/b9-4-. The zero-order valence-corrected chi connectivity index (χ0v) is 14.6. The van der Waals surface area contributed by atoms with Crippen LogP contribution < -0.4 is 0 Å². The highest BCUT2D eigenvalue weighted by atomic mass is 16.3. The fourth-order valence-electron chi connectivity index (χ4n) is 3.41. The van der Waals surface area contributed by atoms with Crippen molar-refractivity contribution in [3.05, 3.63) is 95.3 Å². The molecule has 2 heteroatoms. The van der Waals surface area contributed by atoms with Crippen LogP contribution in [0.3, 0.4) is 0 Å². The number of aromatic hydroxyl groups is 1. The van der Waals surface area contributed by atoms with Gasteiger partial charge < -0.3 is 10.2 Å². The first-order valence-corrected chi connectivity index (χ1v) is 8.38. The van der Waals surface area contributed by atoms with E-state index in [0.717, 1.165) is 27.5 Å². The average molecular weight is 330 g/mol. The second-order valence-corrected chi connectivity index (χ2v) is 6.13. The van der Waals surface area contributed by atoms with E-state index in [1.165, 1.54) is 0 Å². The molecule has 0 saturated carbocycles. The molecular formula is C23H22O2. The monoisotopic (exact) mass is 330 g/mol. The van der Waals surface area contributed by atoms with Crippen molar-refractivity contribution in [3.8, 4) is 5.75 Å². The number of phenols is 1. The Morgan fingerprint density at radius 2 is 1.84 bits per heavy atom. The number of aliphatic hydroxyl groups excluding tert-OH is 1. The summed E-state index contributed by atoms with van der Waals surface area (Å²) in [6, 6.07) is 9.69. The van der Waals surface area contributed by atoms with Crippen molar-refractivity contribution < 1.29 is 10.2 Å². The largest absolute Gasteiger partial charge is 0.511 e. The predicted molar refractivity (Wildman–Crippen MR) is 106 cm³/mol. The summed E-state index contributed by atoms with van der Waals surface area (Å²) in [5.74, 6) is 0.397. The SMILES string of the molecule is C=CC1=C(/C=C\C)C=CCC(O)=C1c1c(O)cc(C)c2ccccc12. The van der Waals surface area contributed by atoms with E-state index < -0.39 is 0 Å². The molecule has 0 saturated heterocycles. The summed E-state index contributed by atoms with van der Waals surface area (Å²) in [4.78, 5) is 0. The number of benzene rings is 2. The Kier molecular flexibility index (Phi) is 4.62. The fourth-order valence-corrected chi connectivity index (χ4v) is 3.41. The number of aliphatic hydroxyl groups is 1. The highest BCUT2D eigenvalue weighted by Crippen LogP contribution is 2.42. The van der Waals surface area contributed by atoms with Gasteiger partial charge in [-0.25, -0.2) is 0 Å². The van der Waals surface area contributed by atoms with E-state index in [9.17, 15) is 10.2 Å². The number of phenolic OH excluding ortho intramolecular Hbond substituents is 1. The molecule has 25 heavy (non-hydrogen) atoms. The normalized spacial score (nSPS) is 15.3. The van der Waals surface area contributed by atoms with Crippen LogP contribution >= 0.6 is 0 Å². The van der Waals surface area contributed by atoms with Crippen LogP contribution in [0.5, 0.6) is 5.75 Å². The molecule has 2 N–H and O–H groups in total. The van der Waals surface area contributed by atoms with Crippen LogP contribution in [0.15, 0.2) is 84.2 Å². The minimum Gasteiger partial charge on any atom is -0.511 e. The van der Waals surface area contributed by atoms with Crippen molar-refractivity contribution in [2.45, 2.75) is 20.3 Å². The molecule has 1 aliphatic carbocycles. The summed E-state index contributed by atoms with van der Waals surface area (Å²) in [6.45, 7) is 7.87. The highest BCUT2D eigenvalue weighted by molar-refractivity contribution is 6.03. The number of fused-ring (bicyclic) bond motifs is 1. The Morgan fingerprint density at radius 1 is 1.12 bits per heavy atom. The van der Waals surface area contributed by atoms with Crippen molar-refractivity contribution in [3.63, 3.8) is 0 Å². The van der Waals surface area contributed by atoms with E-state index in [0.29, 0.717) is 17.6 Å². The summed E-state index contributed by atoms with van der Waals surface area (Å²) in [7, 11) is 0. The third-order valence-corrected chi connectivity index (χ3v) is 4.51. The van der Waals surface area contributed by atoms with Gasteiger partial charge in [0.2, 0.25) is 0 Å². The maximum Gasteiger partial charge on any atom is 0.124 e. The Bertz CT molecular complexity index is 969. The molecule has 0 heterocycles. The molecule has 0 bridgehead atoms. The van der Waals surface area contributed by atoms with E-state index in [1.807, 2.05) is 62.4 Å². The van der Waals surface area contributed by atoms with Crippen LogP contribution in [0.1, 0.15) is 24.5 Å². The zero-order valence-electron chi connectivity index (χ0n) is 14.6. The third kappa shape index (κ3) is 2.91. The second kappa shape index (κ2) is 6.86. The Labute approximate surface area is 148 Å². The fraction of sp³-hybridized carbons (Fsp3) is 0.130. The van der Waals surface area contributed by atoms with Crippen LogP contribution in [0, 0.1) is 6.92 Å². The van der Waals surface area contributed by atoms with Crippen molar-refractivity contribution in [2.24, 2.45) is 0 Å². The van der Waals surface area contributed by atoms with Crippen molar-refractivity contribution in [2.75, 3.05) is 0 Å². The molecule has 2 aromatic carbocycles. The summed E-state index contributed by atoms with van der Waals surface area (Å²) >= 11 is 0. The molecule has 0 aromatic heterocycles. The van der Waals surface area contributed by atoms with Gasteiger partial charge in [-0.05, 0) is 47.4 Å². The Morgan fingerprint density at radius 3 is 2.52 bits per heavy atom. The van der Waals surface area contributed by atoms with Crippen LogP contribution in [0.25, 0.3) is 16.3 Å². The highest BCUT2D eigenvalue weighted by Gasteiger charge is 2.22. The van der Waals surface area contributed by atoms with Crippen molar-refractivity contribution >= 4 is 16.3 Å². The third-order valence-electron chi connectivity index (χ3n) is 4.51. The lowest BCUT2D eigenvalue weighted by Gasteiger charge is -2.18. The van der Waals surface area contributed by atoms with Gasteiger partial charge in [-0.2, -0.15) is 0 Å². The van der Waals surface area contributed by atoms with E-state index in [2.05, 4.69) is 6.58 Å². The number of rotatable bonds is 3. The lowest BCUT2D eigenvalue weighted by molar-refractivity contribution is 0.404. The van der Waals surface area contributed by atoms with Gasteiger partial charge in [0, 0.05) is 17.6 Å². The molecule has 0 atom stereocenters. The molecule has 126 valence electrons. The molecule has 2 nitrogen and oxygen atoms in total. The molecule has 0 spiro atoms. The Hall–Kier alpha value is -3.00. The molecule has 0 radical (unpaired) electrons. The van der Waals surface area contributed by atoms with Gasteiger partial charge in [0.1, 0.15) is 11.5 Å². The lowest BCUT2D eigenvalue weighted by atomic mass is 9.87. The van der Waals surface area contributed by atoms with E-state index >= 15 is 0 Å². The number of hydrogen-bond acceptors (Lipinski definition) is 2. The number of aryl methyl sites for hydroxylation is 1. The van der Waals surface area contributed by atoms with E-state index in [-0.39, 0.29) is 11.5 Å². The van der Waals surface area contributed by atoms with E-state index in [4.69, 9.17) is 0 Å². The number of allylic oxidation sites excluding steroid dienone is 8. The van der Waals surface area contributed by atoms with Crippen molar-refractivity contribution in [1.82, 2.24) is 0 Å². The summed E-state index contributed by atoms with van der Waals surface area (Å²) < 4.78 is 0. The van der Waals surface area contributed by atoms with Gasteiger partial charge >= 0.3 is 0 Å². The molecule has 1 aliphatic rings. The Balaban J connectivity index is 2.44. The first kappa shape index (κ1) is 16.8. The van der Waals surface area contributed by atoms with Gasteiger partial charge in [0.25, 0.3) is 0 Å². The van der Waals surface area contributed by atoms with Gasteiger partial charge in [-0.3, -0.25) is 0 Å². The van der Waals surface area contributed by atoms with Gasteiger partial charge in [-0.1, -0.05) is 61.2 Å². The van der Waals surface area contributed by atoms with Crippen molar-refractivity contribution in [1.29, 1.82) is 0 Å². The summed E-state index contributed by atoms with van der Waals surface area (Å²) in [5, 5.41) is 23.5.